The van der Waals surface area contributed by atoms with E-state index in [1.807, 2.05) is 24.5 Å². The number of nitrogens with zero attached hydrogens (tertiary/aromatic N) is 1. The highest BCUT2D eigenvalue weighted by atomic mass is 32.1. The second-order valence-corrected chi connectivity index (χ2v) is 5.31. The van der Waals surface area contributed by atoms with Crippen LogP contribution in [0.25, 0.3) is 21.9 Å². The zero-order valence-corrected chi connectivity index (χ0v) is 10.3. The molecule has 0 fully saturated rings. The summed E-state index contributed by atoms with van der Waals surface area (Å²) in [4.78, 5) is 5.54. The van der Waals surface area contributed by atoms with E-state index in [1.165, 1.54) is 15.8 Å². The number of benzene rings is 1. The summed E-state index contributed by atoms with van der Waals surface area (Å²) in [6.07, 6.45) is 3.81. The Morgan fingerprint density at radius 2 is 1.94 bits per heavy atom. The third-order valence-corrected chi connectivity index (χ3v) is 3.77. The van der Waals surface area contributed by atoms with Gasteiger partial charge >= 0.3 is 0 Å². The summed E-state index contributed by atoms with van der Waals surface area (Å²) < 4.78 is 0. The van der Waals surface area contributed by atoms with Crippen LogP contribution in [0.5, 0.6) is 0 Å². The Hall–Kier alpha value is -1.87. The summed E-state index contributed by atoms with van der Waals surface area (Å²) in [7, 11) is 0. The first-order valence-corrected chi connectivity index (χ1v) is 6.26. The van der Waals surface area contributed by atoms with Crippen LogP contribution in [0.1, 0.15) is 4.88 Å². The van der Waals surface area contributed by atoms with E-state index in [0.717, 1.165) is 16.0 Å². The number of aryl methyl sites for hydroxylation is 1. The van der Waals surface area contributed by atoms with Gasteiger partial charge in [-0.15, -0.1) is 11.3 Å². The minimum Gasteiger partial charge on any atom is -0.391 e. The van der Waals surface area contributed by atoms with Crippen LogP contribution in [0, 0.1) is 6.92 Å². The Morgan fingerprint density at radius 3 is 2.71 bits per heavy atom. The van der Waals surface area contributed by atoms with Crippen LogP contribution in [-0.2, 0) is 0 Å². The van der Waals surface area contributed by atoms with Crippen molar-refractivity contribution in [2.75, 3.05) is 5.73 Å². The van der Waals surface area contributed by atoms with Crippen molar-refractivity contribution in [2.45, 2.75) is 6.92 Å². The van der Waals surface area contributed by atoms with Crippen molar-refractivity contribution in [3.63, 3.8) is 0 Å². The van der Waals surface area contributed by atoms with Crippen molar-refractivity contribution in [3.8, 4) is 11.1 Å². The van der Waals surface area contributed by atoms with E-state index in [9.17, 15) is 0 Å². The number of thiophene rings is 1. The topological polar surface area (TPSA) is 38.9 Å². The minimum atomic E-state index is 0.852. The quantitative estimate of drug-likeness (QED) is 0.701. The number of hydrogen-bond donors (Lipinski definition) is 1. The number of anilines is 1. The Bertz CT molecular complexity index is 680. The SMILES string of the molecule is Cc1sc(N)cc1-c1cncc2ccccc12. The molecule has 0 unspecified atom stereocenters. The van der Waals surface area contributed by atoms with Gasteiger partial charge < -0.3 is 5.73 Å². The molecule has 2 heterocycles. The van der Waals surface area contributed by atoms with Gasteiger partial charge in [0.2, 0.25) is 0 Å². The van der Waals surface area contributed by atoms with E-state index in [4.69, 9.17) is 5.73 Å². The highest BCUT2D eigenvalue weighted by Gasteiger charge is 2.09. The number of nitrogen functional groups attached to an aromatic ring is 1. The second-order valence-electron chi connectivity index (χ2n) is 4.03. The van der Waals surface area contributed by atoms with E-state index in [2.05, 4.69) is 30.1 Å². The first-order valence-electron chi connectivity index (χ1n) is 5.45. The molecule has 3 rings (SSSR count). The van der Waals surface area contributed by atoms with E-state index >= 15 is 0 Å². The van der Waals surface area contributed by atoms with Gasteiger partial charge in [0, 0.05) is 28.2 Å². The maximum Gasteiger partial charge on any atom is 0.0865 e. The largest absolute Gasteiger partial charge is 0.391 e. The third-order valence-electron chi connectivity index (χ3n) is 2.90. The molecule has 0 aliphatic carbocycles. The molecule has 0 radical (unpaired) electrons. The predicted octanol–water partition coefficient (Wildman–Crippen LogP) is 3.85. The molecular formula is C14H12N2S. The van der Waals surface area contributed by atoms with E-state index in [0.29, 0.717) is 0 Å². The lowest BCUT2D eigenvalue weighted by molar-refractivity contribution is 1.36. The Labute approximate surface area is 104 Å². The lowest BCUT2D eigenvalue weighted by atomic mass is 10.0. The zero-order chi connectivity index (χ0) is 11.8. The lowest BCUT2D eigenvalue weighted by Gasteiger charge is -2.04. The smallest absolute Gasteiger partial charge is 0.0865 e. The molecule has 0 saturated carbocycles. The summed E-state index contributed by atoms with van der Waals surface area (Å²) in [6, 6.07) is 10.3. The van der Waals surface area contributed by atoms with E-state index in [-0.39, 0.29) is 0 Å². The number of rotatable bonds is 1. The standard InChI is InChI=1S/C14H12N2S/c1-9-12(6-14(15)17-9)13-8-16-7-10-4-2-3-5-11(10)13/h2-8H,15H2,1H3. The first-order chi connectivity index (χ1) is 8.25. The van der Waals surface area contributed by atoms with Crippen molar-refractivity contribution in [3.05, 3.63) is 47.6 Å². The molecule has 0 bridgehead atoms. The second kappa shape index (κ2) is 3.86. The molecule has 0 spiro atoms. The number of nitrogens with two attached hydrogens (primary N) is 1. The fourth-order valence-corrected chi connectivity index (χ4v) is 2.91. The van der Waals surface area contributed by atoms with Crippen LogP contribution in [0.2, 0.25) is 0 Å². The average molecular weight is 240 g/mol. The van der Waals surface area contributed by atoms with Crippen LogP contribution >= 0.6 is 11.3 Å². The molecule has 2 N–H and O–H groups in total. The minimum absolute atomic E-state index is 0.852. The fourth-order valence-electron chi connectivity index (χ4n) is 2.10. The molecule has 2 aromatic heterocycles. The van der Waals surface area contributed by atoms with Gasteiger partial charge in [0.1, 0.15) is 0 Å². The molecule has 17 heavy (non-hydrogen) atoms. The molecule has 0 saturated heterocycles. The van der Waals surface area contributed by atoms with Crippen molar-refractivity contribution < 1.29 is 0 Å². The van der Waals surface area contributed by atoms with Gasteiger partial charge in [0.05, 0.1) is 5.00 Å². The van der Waals surface area contributed by atoms with E-state index < -0.39 is 0 Å². The van der Waals surface area contributed by atoms with Crippen LogP contribution in [-0.4, -0.2) is 4.98 Å². The normalized spacial score (nSPS) is 10.9. The van der Waals surface area contributed by atoms with Crippen molar-refractivity contribution in [1.29, 1.82) is 0 Å². The van der Waals surface area contributed by atoms with Gasteiger partial charge in [0.15, 0.2) is 0 Å². The first kappa shape index (κ1) is 10.3. The van der Waals surface area contributed by atoms with Gasteiger partial charge in [-0.25, -0.2) is 0 Å². The Balaban J connectivity index is 2.34. The van der Waals surface area contributed by atoms with Crippen LogP contribution in [0.4, 0.5) is 5.00 Å². The molecule has 2 nitrogen and oxygen atoms in total. The summed E-state index contributed by atoms with van der Waals surface area (Å²) in [5, 5.41) is 3.24. The molecular weight excluding hydrogens is 228 g/mol. The third kappa shape index (κ3) is 1.68. The average Bonchev–Trinajstić information content (AvgIpc) is 2.68. The van der Waals surface area contributed by atoms with Crippen molar-refractivity contribution in [1.82, 2.24) is 4.98 Å². The number of fused-ring (bicyclic) bond motifs is 1. The predicted molar refractivity (Wildman–Crippen MR) is 74.2 cm³/mol. The number of aromatic nitrogens is 1. The number of pyridine rings is 1. The molecule has 3 heteroatoms. The summed E-state index contributed by atoms with van der Waals surface area (Å²) in [5.41, 5.74) is 8.21. The van der Waals surface area contributed by atoms with Crippen molar-refractivity contribution >= 4 is 27.1 Å². The Kier molecular flexibility index (Phi) is 2.34. The van der Waals surface area contributed by atoms with E-state index in [1.54, 1.807) is 11.3 Å². The van der Waals surface area contributed by atoms with Crippen LogP contribution < -0.4 is 5.73 Å². The van der Waals surface area contributed by atoms with Crippen LogP contribution in [0.15, 0.2) is 42.7 Å². The summed E-state index contributed by atoms with van der Waals surface area (Å²) >= 11 is 1.62. The summed E-state index contributed by atoms with van der Waals surface area (Å²) in [6.45, 7) is 2.10. The molecule has 3 aromatic rings. The summed E-state index contributed by atoms with van der Waals surface area (Å²) in [5.74, 6) is 0. The van der Waals surface area contributed by atoms with Gasteiger partial charge in [-0.2, -0.15) is 0 Å². The highest BCUT2D eigenvalue weighted by Crippen LogP contribution is 2.35. The molecule has 1 aromatic carbocycles. The monoisotopic (exact) mass is 240 g/mol. The zero-order valence-electron chi connectivity index (χ0n) is 9.47. The molecule has 0 aliphatic heterocycles. The van der Waals surface area contributed by atoms with Crippen molar-refractivity contribution in [2.24, 2.45) is 0 Å². The lowest BCUT2D eigenvalue weighted by Crippen LogP contribution is -1.83. The molecule has 0 amide bonds. The fraction of sp³-hybridized carbons (Fsp3) is 0.0714. The van der Waals surface area contributed by atoms with Gasteiger partial charge in [-0.3, -0.25) is 4.98 Å². The van der Waals surface area contributed by atoms with Crippen LogP contribution in [0.3, 0.4) is 0 Å². The van der Waals surface area contributed by atoms with Gasteiger partial charge in [0.25, 0.3) is 0 Å². The maximum absolute atomic E-state index is 5.86. The van der Waals surface area contributed by atoms with Gasteiger partial charge in [-0.1, -0.05) is 24.3 Å². The molecule has 84 valence electrons. The highest BCUT2D eigenvalue weighted by molar-refractivity contribution is 7.16. The molecule has 0 aliphatic rings. The maximum atomic E-state index is 5.86. The molecule has 0 atom stereocenters. The van der Waals surface area contributed by atoms with Gasteiger partial charge in [-0.05, 0) is 23.9 Å². The number of hydrogen-bond acceptors (Lipinski definition) is 3. The Morgan fingerprint density at radius 1 is 1.12 bits per heavy atom.